The van der Waals surface area contributed by atoms with Crippen LogP contribution in [0.3, 0.4) is 0 Å². The maximum atomic E-state index is 14.2. The molecule has 0 unspecified atom stereocenters. The molecule has 1 aromatic carbocycles. The first-order chi connectivity index (χ1) is 10.2. The van der Waals surface area contributed by atoms with Gasteiger partial charge in [-0.1, -0.05) is 12.1 Å². The molecule has 1 aliphatic heterocycles. The van der Waals surface area contributed by atoms with Crippen molar-refractivity contribution >= 4 is 11.7 Å². The Kier molecular flexibility index (Phi) is 5.56. The van der Waals surface area contributed by atoms with Crippen molar-refractivity contribution in [2.75, 3.05) is 24.6 Å². The molecule has 116 valence electrons. The van der Waals surface area contributed by atoms with Crippen molar-refractivity contribution in [3.8, 4) is 0 Å². The number of benzene rings is 1. The summed E-state index contributed by atoms with van der Waals surface area (Å²) in [5.41, 5.74) is 0.859. The molecule has 0 bridgehead atoms. The third-order valence-electron chi connectivity index (χ3n) is 3.94. The number of hydrogen-bond donors (Lipinski definition) is 1. The molecule has 1 fully saturated rings. The van der Waals surface area contributed by atoms with Gasteiger partial charge in [-0.2, -0.15) is 0 Å². The van der Waals surface area contributed by atoms with E-state index in [1.807, 2.05) is 4.90 Å². The number of esters is 1. The van der Waals surface area contributed by atoms with E-state index in [9.17, 15) is 9.18 Å². The number of hydrogen-bond acceptors (Lipinski definition) is 4. The molecule has 1 heterocycles. The molecule has 0 saturated carbocycles. The summed E-state index contributed by atoms with van der Waals surface area (Å²) in [5.74, 6) is -0.183. The van der Waals surface area contributed by atoms with Crippen LogP contribution in [0.2, 0.25) is 0 Å². The van der Waals surface area contributed by atoms with Crippen molar-refractivity contribution in [3.05, 3.63) is 29.6 Å². The fourth-order valence-corrected chi connectivity index (χ4v) is 2.77. The molecular weight excluding hydrogens is 273 g/mol. The molecule has 1 aliphatic rings. The van der Waals surface area contributed by atoms with Gasteiger partial charge in [0.2, 0.25) is 0 Å². The average molecular weight is 295 g/mol. The van der Waals surface area contributed by atoms with Crippen molar-refractivity contribution in [3.63, 3.8) is 0 Å². The number of anilines is 1. The summed E-state index contributed by atoms with van der Waals surface area (Å²) in [4.78, 5) is 13.5. The van der Waals surface area contributed by atoms with Gasteiger partial charge in [0.25, 0.3) is 0 Å². The van der Waals surface area contributed by atoms with E-state index >= 15 is 0 Å². The van der Waals surface area contributed by atoms with Gasteiger partial charge in [-0.3, -0.25) is 4.79 Å². The van der Waals surface area contributed by atoms with Crippen LogP contribution in [-0.2, 0) is 16.1 Å². The quantitative estimate of drug-likeness (QED) is 0.848. The Morgan fingerprint density at radius 2 is 2.14 bits per heavy atom. The van der Waals surface area contributed by atoms with Crippen LogP contribution in [-0.4, -0.2) is 30.8 Å². The monoisotopic (exact) mass is 295 g/mol. The summed E-state index contributed by atoms with van der Waals surface area (Å²) in [7, 11) is 0. The normalized spacial score (nSPS) is 16.0. The van der Waals surface area contributed by atoms with Gasteiger partial charge in [-0.05, 0) is 31.7 Å². The van der Waals surface area contributed by atoms with Gasteiger partial charge in [0.05, 0.1) is 18.9 Å². The number of halogens is 1. The average Bonchev–Trinajstić information content (AvgIpc) is 2.49. The van der Waals surface area contributed by atoms with E-state index in [0.29, 0.717) is 30.2 Å². The van der Waals surface area contributed by atoms with E-state index in [2.05, 4.69) is 0 Å². The van der Waals surface area contributed by atoms with Crippen molar-refractivity contribution in [2.45, 2.75) is 32.8 Å². The van der Waals surface area contributed by atoms with Gasteiger partial charge in [0, 0.05) is 25.1 Å². The van der Waals surface area contributed by atoms with Crippen molar-refractivity contribution in [1.29, 1.82) is 0 Å². The lowest BCUT2D eigenvalue weighted by atomic mass is 9.93. The first-order valence-corrected chi connectivity index (χ1v) is 7.44. The van der Waals surface area contributed by atoms with Gasteiger partial charge in [-0.25, -0.2) is 4.39 Å². The number of ether oxygens (including phenoxy) is 1. The van der Waals surface area contributed by atoms with Gasteiger partial charge in [0.15, 0.2) is 5.82 Å². The van der Waals surface area contributed by atoms with Crippen LogP contribution < -0.4 is 4.90 Å². The first kappa shape index (κ1) is 15.8. The van der Waals surface area contributed by atoms with E-state index in [0.717, 1.165) is 25.9 Å². The standard InChI is InChI=1S/C16H22FNO3/c1-2-21-15(20)10-12-6-8-18(9-7-12)14-5-3-4-13(11-19)16(14)17/h3-5,12,19H,2,6-11H2,1H3. The van der Waals surface area contributed by atoms with E-state index in [1.165, 1.54) is 0 Å². The summed E-state index contributed by atoms with van der Waals surface area (Å²) in [6, 6.07) is 5.08. The summed E-state index contributed by atoms with van der Waals surface area (Å²) < 4.78 is 19.2. The number of carbonyl (C=O) groups is 1. The number of rotatable bonds is 5. The molecule has 1 aromatic rings. The topological polar surface area (TPSA) is 49.8 Å². The minimum atomic E-state index is -0.344. The Bertz CT molecular complexity index is 484. The van der Waals surface area contributed by atoms with Crippen LogP contribution in [0.25, 0.3) is 0 Å². The number of nitrogens with zero attached hydrogens (tertiary/aromatic N) is 1. The third-order valence-corrected chi connectivity index (χ3v) is 3.94. The molecule has 1 saturated heterocycles. The number of carbonyl (C=O) groups excluding carboxylic acids is 1. The predicted octanol–water partition coefficient (Wildman–Crippen LogP) is 2.49. The van der Waals surface area contributed by atoms with Crippen LogP contribution in [0.1, 0.15) is 31.7 Å². The lowest BCUT2D eigenvalue weighted by Crippen LogP contribution is -2.35. The summed E-state index contributed by atoms with van der Waals surface area (Å²) in [5, 5.41) is 9.12. The molecule has 2 rings (SSSR count). The minimum Gasteiger partial charge on any atom is -0.466 e. The van der Waals surface area contributed by atoms with E-state index in [1.54, 1.807) is 25.1 Å². The Labute approximate surface area is 124 Å². The zero-order valence-corrected chi connectivity index (χ0v) is 12.3. The number of aliphatic hydroxyl groups is 1. The van der Waals surface area contributed by atoms with Crippen LogP contribution in [0.15, 0.2) is 18.2 Å². The molecule has 0 radical (unpaired) electrons. The fourth-order valence-electron chi connectivity index (χ4n) is 2.77. The smallest absolute Gasteiger partial charge is 0.306 e. The molecule has 0 aromatic heterocycles. The Balaban J connectivity index is 1.93. The predicted molar refractivity (Wildman–Crippen MR) is 78.5 cm³/mol. The molecule has 0 aliphatic carbocycles. The molecule has 1 N–H and O–H groups in total. The SMILES string of the molecule is CCOC(=O)CC1CCN(c2cccc(CO)c2F)CC1. The van der Waals surface area contributed by atoms with Gasteiger partial charge in [-0.15, -0.1) is 0 Å². The van der Waals surface area contributed by atoms with Crippen LogP contribution in [0.5, 0.6) is 0 Å². The highest BCUT2D eigenvalue weighted by Crippen LogP contribution is 2.28. The second-order valence-corrected chi connectivity index (χ2v) is 5.35. The Morgan fingerprint density at radius 1 is 1.43 bits per heavy atom. The third kappa shape index (κ3) is 3.94. The number of aliphatic hydroxyl groups excluding tert-OH is 1. The zero-order valence-electron chi connectivity index (χ0n) is 12.3. The van der Waals surface area contributed by atoms with E-state index in [-0.39, 0.29) is 18.4 Å². The molecule has 0 amide bonds. The first-order valence-electron chi connectivity index (χ1n) is 7.44. The van der Waals surface area contributed by atoms with Crippen molar-refractivity contribution in [2.24, 2.45) is 5.92 Å². The molecule has 5 heteroatoms. The number of piperidine rings is 1. The highest BCUT2D eigenvalue weighted by molar-refractivity contribution is 5.69. The largest absolute Gasteiger partial charge is 0.466 e. The summed E-state index contributed by atoms with van der Waals surface area (Å²) in [6.07, 6.45) is 2.14. The van der Waals surface area contributed by atoms with Crippen LogP contribution in [0.4, 0.5) is 10.1 Å². The Morgan fingerprint density at radius 3 is 2.76 bits per heavy atom. The second-order valence-electron chi connectivity index (χ2n) is 5.35. The van der Waals surface area contributed by atoms with Crippen LogP contribution >= 0.6 is 0 Å². The highest BCUT2D eigenvalue weighted by atomic mass is 19.1. The van der Waals surface area contributed by atoms with E-state index in [4.69, 9.17) is 9.84 Å². The van der Waals surface area contributed by atoms with Crippen molar-refractivity contribution < 1.29 is 19.0 Å². The fraction of sp³-hybridized carbons (Fsp3) is 0.562. The Hall–Kier alpha value is -1.62. The zero-order chi connectivity index (χ0) is 15.2. The minimum absolute atomic E-state index is 0.149. The van der Waals surface area contributed by atoms with Gasteiger partial charge >= 0.3 is 5.97 Å². The molecular formula is C16H22FNO3. The second kappa shape index (κ2) is 7.41. The molecule has 21 heavy (non-hydrogen) atoms. The lowest BCUT2D eigenvalue weighted by Gasteiger charge is -2.33. The molecule has 4 nitrogen and oxygen atoms in total. The molecule has 0 atom stereocenters. The van der Waals surface area contributed by atoms with E-state index < -0.39 is 0 Å². The van der Waals surface area contributed by atoms with Gasteiger partial charge in [0.1, 0.15) is 0 Å². The highest BCUT2D eigenvalue weighted by Gasteiger charge is 2.24. The summed E-state index contributed by atoms with van der Waals surface area (Å²) in [6.45, 7) is 3.36. The summed E-state index contributed by atoms with van der Waals surface area (Å²) >= 11 is 0. The van der Waals surface area contributed by atoms with Crippen LogP contribution in [0, 0.1) is 11.7 Å². The molecule has 0 spiro atoms. The van der Waals surface area contributed by atoms with Crippen molar-refractivity contribution in [1.82, 2.24) is 0 Å². The lowest BCUT2D eigenvalue weighted by molar-refractivity contribution is -0.144. The maximum Gasteiger partial charge on any atom is 0.306 e. The van der Waals surface area contributed by atoms with Gasteiger partial charge < -0.3 is 14.7 Å². The maximum absolute atomic E-state index is 14.2.